The molecule has 1 saturated carbocycles. The van der Waals surface area contributed by atoms with E-state index in [1.807, 2.05) is 32.9 Å². The molecular weight excluding hydrogens is 494 g/mol. The Hall–Kier alpha value is -1.59. The smallest absolute Gasteiger partial charge is 0.228 e. The molecule has 0 aromatic heterocycles. The van der Waals surface area contributed by atoms with Gasteiger partial charge in [0.05, 0.1) is 12.0 Å². The predicted octanol–water partition coefficient (Wildman–Crippen LogP) is 6.60. The van der Waals surface area contributed by atoms with E-state index in [0.29, 0.717) is 12.0 Å². The van der Waals surface area contributed by atoms with Crippen LogP contribution in [0.1, 0.15) is 99.0 Å². The maximum atomic E-state index is 14.1. The van der Waals surface area contributed by atoms with Crippen molar-refractivity contribution in [3.05, 3.63) is 34.9 Å². The van der Waals surface area contributed by atoms with Gasteiger partial charge in [-0.2, -0.15) is 0 Å². The Morgan fingerprint density at radius 3 is 2.05 bits per heavy atom. The van der Waals surface area contributed by atoms with Gasteiger partial charge in [-0.15, -0.1) is 0 Å². The van der Waals surface area contributed by atoms with Crippen LogP contribution >= 0.6 is 11.6 Å². The minimum absolute atomic E-state index is 0.00205. The first-order valence-corrected chi connectivity index (χ1v) is 15.1. The van der Waals surface area contributed by atoms with E-state index >= 15 is 0 Å². The highest BCUT2D eigenvalue weighted by atomic mass is 35.5. The Kier molecular flexibility index (Phi) is 8.33. The summed E-state index contributed by atoms with van der Waals surface area (Å²) in [6.07, 6.45) is 5.28. The molecule has 0 N–H and O–H groups in total. The fraction of sp³-hybridized carbons (Fsp3) is 0.750. The van der Waals surface area contributed by atoms with Crippen molar-refractivity contribution in [3.8, 4) is 0 Å². The van der Waals surface area contributed by atoms with E-state index in [9.17, 15) is 9.59 Å². The van der Waals surface area contributed by atoms with Crippen LogP contribution in [0.25, 0.3) is 0 Å². The lowest BCUT2D eigenvalue weighted by molar-refractivity contribution is -0.147. The molecule has 2 amide bonds. The van der Waals surface area contributed by atoms with Gasteiger partial charge in [-0.25, -0.2) is 0 Å². The lowest BCUT2D eigenvalue weighted by atomic mass is 9.74. The molecule has 0 bridgehead atoms. The van der Waals surface area contributed by atoms with E-state index in [4.69, 9.17) is 11.6 Å². The number of nitrogens with zero attached hydrogens (tertiary/aromatic N) is 3. The zero-order chi connectivity index (χ0) is 28.0. The quantitative estimate of drug-likeness (QED) is 0.430. The Morgan fingerprint density at radius 1 is 0.895 bits per heavy atom. The highest BCUT2D eigenvalue weighted by Crippen LogP contribution is 2.41. The molecule has 38 heavy (non-hydrogen) atoms. The van der Waals surface area contributed by atoms with Gasteiger partial charge in [0, 0.05) is 54.1 Å². The second-order valence-corrected chi connectivity index (χ2v) is 15.4. The standard InChI is InChI=1S/C32H50ClN3O2/c1-30(2,3)29(38)36(24-13-16-32(7,8)17-14-24)25-15-18-34(19-25)28(37)27-21-35(31(4,5)6)20-26(27)22-9-11-23(33)12-10-22/h9-12,24-27H,13-21H2,1-8H3/t25-,26-,27+/m0/s1. The number of hydrogen-bond donors (Lipinski definition) is 0. The van der Waals surface area contributed by atoms with Crippen LogP contribution in [0.3, 0.4) is 0 Å². The lowest BCUT2D eigenvalue weighted by Crippen LogP contribution is -2.54. The topological polar surface area (TPSA) is 43.9 Å². The van der Waals surface area contributed by atoms with Crippen LogP contribution in [0.4, 0.5) is 0 Å². The van der Waals surface area contributed by atoms with Gasteiger partial charge >= 0.3 is 0 Å². The Labute approximate surface area is 236 Å². The monoisotopic (exact) mass is 543 g/mol. The highest BCUT2D eigenvalue weighted by Gasteiger charge is 2.47. The number of rotatable bonds is 4. The molecule has 212 valence electrons. The van der Waals surface area contributed by atoms with Gasteiger partial charge in [0.1, 0.15) is 0 Å². The number of benzene rings is 1. The maximum Gasteiger partial charge on any atom is 0.228 e. The molecule has 0 radical (unpaired) electrons. The van der Waals surface area contributed by atoms with Crippen molar-refractivity contribution >= 4 is 23.4 Å². The van der Waals surface area contributed by atoms with Gasteiger partial charge in [-0.1, -0.05) is 58.4 Å². The summed E-state index contributed by atoms with van der Waals surface area (Å²) in [4.78, 5) is 34.6. The first kappa shape index (κ1) is 29.4. The second-order valence-electron chi connectivity index (χ2n) is 14.9. The van der Waals surface area contributed by atoms with Crippen LogP contribution in [0.2, 0.25) is 5.02 Å². The van der Waals surface area contributed by atoms with E-state index < -0.39 is 5.41 Å². The SMILES string of the molecule is CC1(C)CCC(N(C(=O)C(C)(C)C)[C@H]2CCN(C(=O)[C@@H]3CN(C(C)(C)C)C[C@H]3c3ccc(Cl)cc3)C2)CC1. The molecular formula is C32H50ClN3O2. The summed E-state index contributed by atoms with van der Waals surface area (Å²) < 4.78 is 0. The minimum Gasteiger partial charge on any atom is -0.340 e. The van der Waals surface area contributed by atoms with E-state index in [0.717, 1.165) is 56.8 Å². The number of halogens is 1. The van der Waals surface area contributed by atoms with Crippen LogP contribution in [-0.2, 0) is 9.59 Å². The number of carbonyl (C=O) groups excluding carboxylic acids is 2. The van der Waals surface area contributed by atoms with E-state index in [2.05, 4.69) is 61.5 Å². The number of carbonyl (C=O) groups is 2. The van der Waals surface area contributed by atoms with Crippen LogP contribution in [0, 0.1) is 16.7 Å². The third-order valence-corrected chi connectivity index (χ3v) is 9.58. The van der Waals surface area contributed by atoms with Gasteiger partial charge in [-0.05, 0) is 76.0 Å². The molecule has 3 aliphatic rings. The average molecular weight is 544 g/mol. The first-order valence-electron chi connectivity index (χ1n) is 14.7. The summed E-state index contributed by atoms with van der Waals surface area (Å²) in [7, 11) is 0. The van der Waals surface area contributed by atoms with Gasteiger partial charge in [0.15, 0.2) is 0 Å². The summed E-state index contributed by atoms with van der Waals surface area (Å²) in [6.45, 7) is 20.5. The normalized spacial score (nSPS) is 27.1. The molecule has 2 aliphatic heterocycles. The van der Waals surface area contributed by atoms with Gasteiger partial charge in [-0.3, -0.25) is 14.5 Å². The molecule has 3 fully saturated rings. The van der Waals surface area contributed by atoms with Gasteiger partial charge < -0.3 is 9.80 Å². The van der Waals surface area contributed by atoms with Crippen LogP contribution in [-0.4, -0.2) is 70.3 Å². The largest absolute Gasteiger partial charge is 0.340 e. The van der Waals surface area contributed by atoms with Crippen LogP contribution in [0.15, 0.2) is 24.3 Å². The van der Waals surface area contributed by atoms with Crippen molar-refractivity contribution < 1.29 is 9.59 Å². The fourth-order valence-corrected chi connectivity index (χ4v) is 6.86. The molecule has 2 saturated heterocycles. The number of likely N-dealkylation sites (tertiary alicyclic amines) is 2. The van der Waals surface area contributed by atoms with Crippen molar-refractivity contribution in [2.75, 3.05) is 26.2 Å². The van der Waals surface area contributed by atoms with Crippen molar-refractivity contribution in [3.63, 3.8) is 0 Å². The van der Waals surface area contributed by atoms with Crippen LogP contribution in [0.5, 0.6) is 0 Å². The van der Waals surface area contributed by atoms with Gasteiger partial charge in [0.2, 0.25) is 11.8 Å². The van der Waals surface area contributed by atoms with E-state index in [1.165, 1.54) is 5.56 Å². The molecule has 6 heteroatoms. The summed E-state index contributed by atoms with van der Waals surface area (Å²) in [5.41, 5.74) is 1.10. The van der Waals surface area contributed by atoms with Crippen molar-refractivity contribution in [2.45, 2.75) is 111 Å². The zero-order valence-corrected chi connectivity index (χ0v) is 25.8. The summed E-state index contributed by atoms with van der Waals surface area (Å²) in [6, 6.07) is 8.42. The molecule has 1 aromatic carbocycles. The molecule has 3 atom stereocenters. The Morgan fingerprint density at radius 2 is 1.50 bits per heavy atom. The average Bonchev–Trinajstić information content (AvgIpc) is 3.48. The maximum absolute atomic E-state index is 14.1. The number of hydrogen-bond acceptors (Lipinski definition) is 3. The Balaban J connectivity index is 1.53. The molecule has 4 rings (SSSR count). The predicted molar refractivity (Wildman–Crippen MR) is 156 cm³/mol. The lowest BCUT2D eigenvalue weighted by Gasteiger charge is -2.45. The van der Waals surface area contributed by atoms with E-state index in [-0.39, 0.29) is 41.3 Å². The molecule has 0 unspecified atom stereocenters. The fourth-order valence-electron chi connectivity index (χ4n) is 6.73. The third-order valence-electron chi connectivity index (χ3n) is 9.33. The molecule has 1 aliphatic carbocycles. The van der Waals surface area contributed by atoms with Crippen molar-refractivity contribution in [2.24, 2.45) is 16.7 Å². The van der Waals surface area contributed by atoms with Gasteiger partial charge in [0.25, 0.3) is 0 Å². The highest BCUT2D eigenvalue weighted by molar-refractivity contribution is 6.30. The minimum atomic E-state index is -0.428. The first-order chi connectivity index (χ1) is 17.6. The summed E-state index contributed by atoms with van der Waals surface area (Å²) in [5.74, 6) is 0.537. The number of amides is 2. The Bertz CT molecular complexity index is 997. The molecule has 0 spiro atoms. The zero-order valence-electron chi connectivity index (χ0n) is 25.0. The molecule has 5 nitrogen and oxygen atoms in total. The molecule has 1 aromatic rings. The van der Waals surface area contributed by atoms with Crippen molar-refractivity contribution in [1.29, 1.82) is 0 Å². The van der Waals surface area contributed by atoms with Crippen LogP contribution < -0.4 is 0 Å². The molecule has 2 heterocycles. The third kappa shape index (κ3) is 6.41. The second kappa shape index (κ2) is 10.8. The van der Waals surface area contributed by atoms with E-state index in [1.54, 1.807) is 0 Å². The summed E-state index contributed by atoms with van der Waals surface area (Å²) >= 11 is 6.19. The summed E-state index contributed by atoms with van der Waals surface area (Å²) in [5, 5.41) is 0.722. The van der Waals surface area contributed by atoms with Crippen molar-refractivity contribution in [1.82, 2.24) is 14.7 Å².